The van der Waals surface area contributed by atoms with Gasteiger partial charge in [0.05, 0.1) is 0 Å². The Balaban J connectivity index is 2.08. The minimum atomic E-state index is -4.18. The van der Waals surface area contributed by atoms with Gasteiger partial charge in [-0.3, -0.25) is 0 Å². The van der Waals surface area contributed by atoms with Crippen molar-refractivity contribution in [3.8, 4) is 0 Å². The van der Waals surface area contributed by atoms with Crippen LogP contribution in [0.2, 0.25) is 9.45 Å². The number of hydrogen-bond acceptors (Lipinski definition) is 3. The first-order valence-corrected chi connectivity index (χ1v) is 11.7. The van der Waals surface area contributed by atoms with Crippen LogP contribution < -0.4 is 0 Å². The summed E-state index contributed by atoms with van der Waals surface area (Å²) >= 11 is -4.18. The maximum absolute atomic E-state index is 13.2. The van der Waals surface area contributed by atoms with Crippen molar-refractivity contribution in [1.29, 1.82) is 0 Å². The summed E-state index contributed by atoms with van der Waals surface area (Å²) in [5.74, 6) is 0. The molecule has 2 aliphatic heterocycles. The molecule has 2 fully saturated rings. The fraction of sp³-hybridized carbons (Fsp3) is 1.00. The van der Waals surface area contributed by atoms with Crippen LogP contribution in [0.25, 0.3) is 0 Å². The summed E-state index contributed by atoms with van der Waals surface area (Å²) < 4.78 is 26.5. The maximum atomic E-state index is 13.2. The average Bonchev–Trinajstić information content (AvgIpc) is 2.38. The van der Waals surface area contributed by atoms with E-state index in [-0.39, 0.29) is 10.8 Å². The van der Waals surface area contributed by atoms with E-state index in [2.05, 4.69) is 27.7 Å². The Hall–Kier alpha value is 0.434. The Morgan fingerprint density at radius 2 is 1.22 bits per heavy atom. The van der Waals surface area contributed by atoms with E-state index < -0.39 is 16.1 Å². The van der Waals surface area contributed by atoms with Crippen molar-refractivity contribution in [2.45, 2.75) is 62.8 Å². The Kier molecular flexibility index (Phi) is 3.69. The zero-order valence-corrected chi connectivity index (χ0v) is 13.9. The molecule has 0 atom stereocenters. The monoisotopic (exact) mass is 292 g/mol. The van der Waals surface area contributed by atoms with E-state index in [9.17, 15) is 3.32 Å². The topological polar surface area (TPSA) is 35.5 Å². The van der Waals surface area contributed by atoms with Gasteiger partial charge in [-0.2, -0.15) is 0 Å². The van der Waals surface area contributed by atoms with Gasteiger partial charge in [0, 0.05) is 0 Å². The number of rotatable bonds is 4. The first-order chi connectivity index (χ1) is 8.37. The van der Waals surface area contributed by atoms with E-state index in [1.165, 1.54) is 0 Å². The van der Waals surface area contributed by atoms with Gasteiger partial charge in [0.15, 0.2) is 0 Å². The molecular weight excluding hydrogens is 264 g/mol. The van der Waals surface area contributed by atoms with Gasteiger partial charge < -0.3 is 0 Å². The van der Waals surface area contributed by atoms with E-state index in [0.29, 0.717) is 22.7 Å². The SMILES string of the molecule is CCC1(CC)C[O][Ti]2(=[O])([CH2]C(CC)(CC)[CH2]2)[O]C1. The molecule has 106 valence electrons. The second kappa shape index (κ2) is 4.48. The molecule has 0 aromatic heterocycles. The zero-order valence-electron chi connectivity index (χ0n) is 12.4. The van der Waals surface area contributed by atoms with Crippen LogP contribution in [0.5, 0.6) is 0 Å². The third-order valence-corrected chi connectivity index (χ3v) is 12.8. The van der Waals surface area contributed by atoms with E-state index in [0.717, 1.165) is 25.7 Å². The fourth-order valence-electron chi connectivity index (χ4n) is 3.72. The summed E-state index contributed by atoms with van der Waals surface area (Å²) in [6.07, 6.45) is 4.26. The van der Waals surface area contributed by atoms with Crippen molar-refractivity contribution in [2.24, 2.45) is 10.8 Å². The Labute approximate surface area is 113 Å². The van der Waals surface area contributed by atoms with E-state index in [4.69, 9.17) is 6.64 Å². The molecule has 2 saturated heterocycles. The Bertz CT molecular complexity index is 353. The molecule has 2 aliphatic rings. The third-order valence-electron chi connectivity index (χ3n) is 5.83. The Morgan fingerprint density at radius 3 is 1.56 bits per heavy atom. The van der Waals surface area contributed by atoms with Crippen molar-refractivity contribution in [2.75, 3.05) is 13.2 Å². The van der Waals surface area contributed by atoms with Crippen LogP contribution >= 0.6 is 0 Å². The standard InChI is InChI=1S/C7H14O2.C7H14.O.Ti/c1-3-7(4-2,5-8)6-9;1-5-7(3,4)6-2;;/h3-6H2,1-2H3;3-6H2,1-2H3;;/q-2;;;+2. The molecule has 0 amide bonds. The molecule has 0 saturated carbocycles. The first kappa shape index (κ1) is 14.8. The second-order valence-corrected chi connectivity index (χ2v) is 13.0. The summed E-state index contributed by atoms with van der Waals surface area (Å²) in [4.78, 5) is 0. The van der Waals surface area contributed by atoms with Crippen LogP contribution in [-0.4, -0.2) is 13.2 Å². The fourth-order valence-corrected chi connectivity index (χ4v) is 12.4. The van der Waals surface area contributed by atoms with Crippen molar-refractivity contribution in [1.82, 2.24) is 0 Å². The molecule has 3 nitrogen and oxygen atoms in total. The van der Waals surface area contributed by atoms with Crippen LogP contribution in [0.4, 0.5) is 0 Å². The van der Waals surface area contributed by atoms with Crippen LogP contribution in [0.15, 0.2) is 0 Å². The average molecular weight is 292 g/mol. The zero-order chi connectivity index (χ0) is 13.5. The van der Waals surface area contributed by atoms with Gasteiger partial charge in [0.2, 0.25) is 0 Å². The summed E-state index contributed by atoms with van der Waals surface area (Å²) in [5, 5.41) is 0. The molecule has 2 heterocycles. The molecule has 0 N–H and O–H groups in total. The van der Waals surface area contributed by atoms with Gasteiger partial charge in [-0.1, -0.05) is 0 Å². The minimum absolute atomic E-state index is 0.103. The number of hydrogen-bond donors (Lipinski definition) is 0. The molecule has 0 radical (unpaired) electrons. The van der Waals surface area contributed by atoms with Gasteiger partial charge in [-0.05, 0) is 0 Å². The second-order valence-electron chi connectivity index (χ2n) is 6.71. The van der Waals surface area contributed by atoms with Gasteiger partial charge in [-0.25, -0.2) is 0 Å². The molecule has 0 bridgehead atoms. The van der Waals surface area contributed by atoms with Crippen molar-refractivity contribution < 1.29 is 26.0 Å². The normalized spacial score (nSPS) is 30.4. The molecular formula is C14H28O3Ti. The summed E-state index contributed by atoms with van der Waals surface area (Å²) in [6, 6.07) is 0. The molecule has 4 heteroatoms. The van der Waals surface area contributed by atoms with Crippen molar-refractivity contribution >= 4 is 0 Å². The summed E-state index contributed by atoms with van der Waals surface area (Å²) in [5.41, 5.74) is 0.336. The van der Waals surface area contributed by atoms with Gasteiger partial charge >= 0.3 is 113 Å². The molecule has 1 spiro atoms. The molecule has 18 heavy (non-hydrogen) atoms. The van der Waals surface area contributed by atoms with E-state index >= 15 is 0 Å². The quantitative estimate of drug-likeness (QED) is 0.722. The molecule has 0 aromatic carbocycles. The molecule has 2 rings (SSSR count). The van der Waals surface area contributed by atoms with Crippen LogP contribution in [0, 0.1) is 10.8 Å². The molecule has 0 unspecified atom stereocenters. The molecule has 0 aromatic rings. The first-order valence-electron chi connectivity index (χ1n) is 7.55. The van der Waals surface area contributed by atoms with Gasteiger partial charge in [0.1, 0.15) is 0 Å². The van der Waals surface area contributed by atoms with Crippen LogP contribution in [-0.2, 0) is 26.0 Å². The summed E-state index contributed by atoms with van der Waals surface area (Å²) in [6.45, 7) is 10.0. The van der Waals surface area contributed by atoms with Crippen molar-refractivity contribution in [3.05, 3.63) is 0 Å². The van der Waals surface area contributed by atoms with Gasteiger partial charge in [-0.15, -0.1) is 0 Å². The van der Waals surface area contributed by atoms with E-state index in [1.54, 1.807) is 0 Å². The van der Waals surface area contributed by atoms with Crippen LogP contribution in [0.1, 0.15) is 53.4 Å². The summed E-state index contributed by atoms with van der Waals surface area (Å²) in [7, 11) is 0. The van der Waals surface area contributed by atoms with Crippen LogP contribution in [0.3, 0.4) is 0 Å². The van der Waals surface area contributed by atoms with Crippen molar-refractivity contribution in [3.63, 3.8) is 0 Å². The Morgan fingerprint density at radius 1 is 0.833 bits per heavy atom. The van der Waals surface area contributed by atoms with E-state index in [1.807, 2.05) is 0 Å². The predicted molar refractivity (Wildman–Crippen MR) is 68.2 cm³/mol. The third kappa shape index (κ3) is 2.17. The molecule has 0 aliphatic carbocycles. The van der Waals surface area contributed by atoms with Gasteiger partial charge in [0.25, 0.3) is 0 Å². The predicted octanol–water partition coefficient (Wildman–Crippen LogP) is 4.36.